The molecule has 0 radical (unpaired) electrons. The lowest BCUT2D eigenvalue weighted by Crippen LogP contribution is -2.16. The second-order valence-electron chi connectivity index (χ2n) is 17.8. The predicted molar refractivity (Wildman–Crippen MR) is 286 cm³/mol. The van der Waals surface area contributed by atoms with Crippen LogP contribution in [0.1, 0.15) is 11.1 Å². The fourth-order valence-corrected chi connectivity index (χ4v) is 13.0. The van der Waals surface area contributed by atoms with Crippen LogP contribution in [0.25, 0.3) is 130 Å². The van der Waals surface area contributed by atoms with Crippen LogP contribution in [0.3, 0.4) is 0 Å². The summed E-state index contributed by atoms with van der Waals surface area (Å²) in [6.45, 7) is 0. The van der Waals surface area contributed by atoms with E-state index in [1.54, 1.807) is 11.3 Å². The van der Waals surface area contributed by atoms with Crippen LogP contribution < -0.4 is 0 Å². The van der Waals surface area contributed by atoms with E-state index in [9.17, 15) is 10.5 Å². The number of nitrogens with zero attached hydrogens (tertiary/aromatic N) is 6. The summed E-state index contributed by atoms with van der Waals surface area (Å²) < 4.78 is 11.5. The minimum Gasteiger partial charge on any atom is -0.306 e. The van der Waals surface area contributed by atoms with Gasteiger partial charge >= 0.3 is 0 Å². The molecule has 0 atom stereocenters. The van der Waals surface area contributed by atoms with E-state index in [1.807, 2.05) is 0 Å². The second kappa shape index (κ2) is 14.1. The van der Waals surface area contributed by atoms with Gasteiger partial charge in [0.1, 0.15) is 23.3 Å². The third-order valence-corrected chi connectivity index (χ3v) is 15.6. The van der Waals surface area contributed by atoms with E-state index in [0.717, 1.165) is 92.9 Å². The molecule has 0 saturated carbocycles. The summed E-state index contributed by atoms with van der Waals surface area (Å²) in [7, 11) is 0. The molecule has 318 valence electrons. The van der Waals surface area contributed by atoms with Crippen molar-refractivity contribution in [3.8, 4) is 34.9 Å². The van der Waals surface area contributed by atoms with Crippen molar-refractivity contribution in [2.75, 3.05) is 0 Å². The molecule has 0 aliphatic heterocycles. The molecule has 69 heavy (non-hydrogen) atoms. The summed E-state index contributed by atoms with van der Waals surface area (Å²) in [5, 5.41) is 35.7. The molecule has 0 fully saturated rings. The molecule has 5 heterocycles. The van der Waals surface area contributed by atoms with Crippen LogP contribution in [0.4, 0.5) is 0 Å². The fourth-order valence-electron chi connectivity index (χ4n) is 11.7. The summed E-state index contributed by atoms with van der Waals surface area (Å²) in [4.78, 5) is 0. The molecular weight excluding hydrogens is 861 g/mol. The highest BCUT2D eigenvalue weighted by Gasteiger charge is 2.34. The smallest absolute Gasteiger partial charge is 0.104 e. The topological polar surface area (TPSA) is 67.3 Å². The van der Waals surface area contributed by atoms with Crippen molar-refractivity contribution in [1.29, 1.82) is 10.5 Å². The largest absolute Gasteiger partial charge is 0.306 e. The summed E-state index contributed by atoms with van der Waals surface area (Å²) in [5.74, 6) is 0. The fraction of sp³-hybridized carbons (Fsp3) is 0. The number of hydrogen-bond donors (Lipinski definition) is 0. The van der Waals surface area contributed by atoms with Gasteiger partial charge in [0.05, 0.1) is 66.9 Å². The first-order chi connectivity index (χ1) is 34.2. The van der Waals surface area contributed by atoms with Crippen molar-refractivity contribution in [3.63, 3.8) is 0 Å². The van der Waals surface area contributed by atoms with Crippen LogP contribution in [-0.2, 0) is 0 Å². The summed E-state index contributed by atoms with van der Waals surface area (Å²) in [5.41, 5.74) is 11.0. The normalized spacial score (nSPS) is 12.0. The van der Waals surface area contributed by atoms with Crippen LogP contribution in [0.2, 0.25) is 0 Å². The van der Waals surface area contributed by atoms with Crippen molar-refractivity contribution >= 4 is 119 Å². The van der Waals surface area contributed by atoms with Crippen LogP contribution in [0, 0.1) is 22.7 Å². The Hall–Kier alpha value is -9.40. The third-order valence-electron chi connectivity index (χ3n) is 14.4. The number of thiophene rings is 1. The minimum absolute atomic E-state index is 0.388. The number of benzene rings is 10. The number of nitriles is 2. The molecule has 5 aromatic heterocycles. The van der Waals surface area contributed by atoms with E-state index in [4.69, 9.17) is 0 Å². The average molecular weight is 895 g/mol. The molecule has 6 nitrogen and oxygen atoms in total. The Kier molecular flexibility index (Phi) is 7.70. The lowest BCUT2D eigenvalue weighted by Gasteiger charge is -2.27. The van der Waals surface area contributed by atoms with Gasteiger partial charge < -0.3 is 18.3 Å². The lowest BCUT2D eigenvalue weighted by molar-refractivity contribution is 1.02. The zero-order chi connectivity index (χ0) is 45.5. The second-order valence-corrected chi connectivity index (χ2v) is 18.8. The third kappa shape index (κ3) is 4.91. The molecule has 0 unspecified atom stereocenters. The van der Waals surface area contributed by atoms with Gasteiger partial charge in [0, 0.05) is 63.3 Å². The number of para-hydroxylation sites is 7. The molecule has 0 amide bonds. The molecule has 0 aliphatic carbocycles. The summed E-state index contributed by atoms with van der Waals surface area (Å²) in [6.07, 6.45) is 0. The predicted octanol–water partition coefficient (Wildman–Crippen LogP) is 16.2. The summed E-state index contributed by atoms with van der Waals surface area (Å²) in [6, 6.07) is 78.1. The maximum atomic E-state index is 12.4. The van der Waals surface area contributed by atoms with Crippen LogP contribution in [0.5, 0.6) is 0 Å². The minimum atomic E-state index is 0.388. The summed E-state index contributed by atoms with van der Waals surface area (Å²) >= 11 is 1.79. The van der Waals surface area contributed by atoms with Crippen molar-refractivity contribution < 1.29 is 0 Å². The van der Waals surface area contributed by atoms with Gasteiger partial charge in [-0.25, -0.2) is 0 Å². The Labute approximate surface area is 397 Å². The highest BCUT2D eigenvalue weighted by atomic mass is 32.1. The molecule has 0 N–H and O–H groups in total. The maximum absolute atomic E-state index is 12.4. The van der Waals surface area contributed by atoms with Crippen molar-refractivity contribution in [1.82, 2.24) is 18.3 Å². The SMILES string of the molecule is N#Cc1c(-n2c3ccccc3c3ccccc32)c(-n2c3ccccc3c3ccccc32)c(-n2c3ccccc3c3ccccc32)c(C#N)c1-n1c2ccccc2c2c3sc4ccccc4c3ccc21. The molecule has 0 bridgehead atoms. The first-order valence-corrected chi connectivity index (χ1v) is 23.9. The van der Waals surface area contributed by atoms with Crippen LogP contribution >= 0.6 is 11.3 Å². The highest BCUT2D eigenvalue weighted by molar-refractivity contribution is 7.26. The maximum Gasteiger partial charge on any atom is 0.104 e. The van der Waals surface area contributed by atoms with Crippen molar-refractivity contribution in [3.05, 3.63) is 217 Å². The van der Waals surface area contributed by atoms with E-state index in [-0.39, 0.29) is 0 Å². The van der Waals surface area contributed by atoms with Gasteiger partial charge in [-0.1, -0.05) is 152 Å². The Morgan fingerprint density at radius 2 is 0.594 bits per heavy atom. The van der Waals surface area contributed by atoms with E-state index in [0.29, 0.717) is 28.2 Å². The van der Waals surface area contributed by atoms with E-state index in [2.05, 4.69) is 237 Å². The number of hydrogen-bond acceptors (Lipinski definition) is 3. The highest BCUT2D eigenvalue weighted by Crippen LogP contribution is 2.50. The lowest BCUT2D eigenvalue weighted by atomic mass is 9.98. The molecular formula is C62H34N6S. The van der Waals surface area contributed by atoms with Gasteiger partial charge in [-0.05, 0) is 54.6 Å². The molecule has 0 saturated heterocycles. The first kappa shape index (κ1) is 37.8. The van der Waals surface area contributed by atoms with Gasteiger partial charge in [0.2, 0.25) is 0 Å². The van der Waals surface area contributed by atoms with Gasteiger partial charge in [-0.2, -0.15) is 10.5 Å². The van der Waals surface area contributed by atoms with Gasteiger partial charge in [0.15, 0.2) is 0 Å². The number of fused-ring (bicyclic) bond motifs is 16. The van der Waals surface area contributed by atoms with Gasteiger partial charge in [-0.15, -0.1) is 11.3 Å². The molecule has 0 aliphatic rings. The Morgan fingerprint density at radius 1 is 0.275 bits per heavy atom. The molecule has 7 heteroatoms. The quantitative estimate of drug-likeness (QED) is 0.177. The van der Waals surface area contributed by atoms with Crippen LogP contribution in [0.15, 0.2) is 206 Å². The molecule has 15 rings (SSSR count). The van der Waals surface area contributed by atoms with E-state index < -0.39 is 0 Å². The van der Waals surface area contributed by atoms with Gasteiger partial charge in [0.25, 0.3) is 0 Å². The standard InChI is InChI=1S/C62H34N6S/c63-35-46-58(68-54-31-15-7-24-45(54)57-55(68)34-33-44-43-23-8-16-32-56(43)69-62(44)57)47(36-64)60(66-50-27-11-3-19-39(50)40-20-4-12-28-51(40)66)61(67-52-29-13-5-21-41(52)42-22-6-14-30-53(42)67)59(46)65-48-25-9-1-17-37(48)38-18-2-10-26-49(38)65/h1-34H. The van der Waals surface area contributed by atoms with E-state index >= 15 is 0 Å². The zero-order valence-electron chi connectivity index (χ0n) is 36.7. The number of aromatic nitrogens is 4. The van der Waals surface area contributed by atoms with Crippen molar-refractivity contribution in [2.45, 2.75) is 0 Å². The van der Waals surface area contributed by atoms with Gasteiger partial charge in [-0.3, -0.25) is 0 Å². The molecule has 15 aromatic rings. The Balaban J connectivity index is 1.27. The number of rotatable bonds is 4. The van der Waals surface area contributed by atoms with Crippen LogP contribution in [-0.4, -0.2) is 18.3 Å². The average Bonchev–Trinajstić information content (AvgIpc) is 4.21. The van der Waals surface area contributed by atoms with E-state index in [1.165, 1.54) is 20.2 Å². The monoisotopic (exact) mass is 894 g/mol. The molecule has 0 spiro atoms. The first-order valence-electron chi connectivity index (χ1n) is 23.1. The zero-order valence-corrected chi connectivity index (χ0v) is 37.5. The Bertz CT molecular complexity index is 4510. The van der Waals surface area contributed by atoms with Crippen molar-refractivity contribution in [2.24, 2.45) is 0 Å². The Morgan fingerprint density at radius 3 is 1.00 bits per heavy atom. The molecule has 10 aromatic carbocycles.